The van der Waals surface area contributed by atoms with E-state index in [0.29, 0.717) is 12.0 Å². The lowest BCUT2D eigenvalue weighted by Crippen LogP contribution is -2.41. The van der Waals surface area contributed by atoms with Crippen LogP contribution in [0.25, 0.3) is 0 Å². The maximum atomic E-state index is 9.28. The second-order valence-corrected chi connectivity index (χ2v) is 5.25. The standard InChI is InChI=1S/C15H24N2O2/c1-12-9-16-10-13(7-8-18)17(11-12)14-5-3-4-6-15(14)19-2/h3-6,12-13,16,18H,7-11H2,1-2H3. The number of aliphatic hydroxyl groups is 1. The summed E-state index contributed by atoms with van der Waals surface area (Å²) in [7, 11) is 1.71. The Hall–Kier alpha value is -1.26. The van der Waals surface area contributed by atoms with Gasteiger partial charge in [-0.2, -0.15) is 0 Å². The van der Waals surface area contributed by atoms with Gasteiger partial charge in [0, 0.05) is 25.7 Å². The summed E-state index contributed by atoms with van der Waals surface area (Å²) in [6.45, 7) is 5.37. The zero-order chi connectivity index (χ0) is 13.7. The van der Waals surface area contributed by atoms with E-state index in [4.69, 9.17) is 4.74 Å². The minimum absolute atomic E-state index is 0.215. The van der Waals surface area contributed by atoms with E-state index in [0.717, 1.165) is 37.5 Å². The lowest BCUT2D eigenvalue weighted by molar-refractivity contribution is 0.272. The van der Waals surface area contributed by atoms with E-state index in [9.17, 15) is 5.11 Å². The molecule has 1 aliphatic heterocycles. The third-order valence-electron chi connectivity index (χ3n) is 3.68. The largest absolute Gasteiger partial charge is 0.495 e. The quantitative estimate of drug-likeness (QED) is 0.865. The van der Waals surface area contributed by atoms with Crippen LogP contribution < -0.4 is 15.0 Å². The number of hydrogen-bond acceptors (Lipinski definition) is 4. The normalized spacial score (nSPS) is 24.1. The minimum atomic E-state index is 0.215. The van der Waals surface area contributed by atoms with Crippen LogP contribution in [0.3, 0.4) is 0 Å². The van der Waals surface area contributed by atoms with Gasteiger partial charge < -0.3 is 20.1 Å². The third kappa shape index (κ3) is 3.39. The Kier molecular flexibility index (Phi) is 5.05. The van der Waals surface area contributed by atoms with E-state index in [2.05, 4.69) is 23.2 Å². The minimum Gasteiger partial charge on any atom is -0.495 e. The second kappa shape index (κ2) is 6.78. The van der Waals surface area contributed by atoms with E-state index < -0.39 is 0 Å². The Bertz CT molecular complexity index is 397. The Morgan fingerprint density at radius 2 is 2.16 bits per heavy atom. The van der Waals surface area contributed by atoms with Gasteiger partial charge in [-0.05, 0) is 31.0 Å². The van der Waals surface area contributed by atoms with Gasteiger partial charge in [0.25, 0.3) is 0 Å². The van der Waals surface area contributed by atoms with E-state index in [1.54, 1.807) is 7.11 Å². The summed E-state index contributed by atoms with van der Waals surface area (Å²) >= 11 is 0. The topological polar surface area (TPSA) is 44.7 Å². The molecule has 0 radical (unpaired) electrons. The smallest absolute Gasteiger partial charge is 0.142 e. The van der Waals surface area contributed by atoms with E-state index in [1.807, 2.05) is 18.2 Å². The molecule has 1 aliphatic rings. The number of nitrogens with one attached hydrogen (secondary N) is 1. The summed E-state index contributed by atoms with van der Waals surface area (Å²) in [6, 6.07) is 8.43. The van der Waals surface area contributed by atoms with Crippen LogP contribution in [-0.4, -0.2) is 44.5 Å². The molecule has 1 fully saturated rings. The number of nitrogens with zero attached hydrogens (tertiary/aromatic N) is 1. The molecule has 0 amide bonds. The summed E-state index contributed by atoms with van der Waals surface area (Å²) in [5, 5.41) is 12.8. The lowest BCUT2D eigenvalue weighted by atomic mass is 10.1. The van der Waals surface area contributed by atoms with Crippen LogP contribution >= 0.6 is 0 Å². The van der Waals surface area contributed by atoms with Crippen LogP contribution in [0, 0.1) is 5.92 Å². The lowest BCUT2D eigenvalue weighted by Gasteiger charge is -2.33. The van der Waals surface area contributed by atoms with Crippen LogP contribution in [0.5, 0.6) is 5.75 Å². The summed E-state index contributed by atoms with van der Waals surface area (Å²) in [5.41, 5.74) is 1.12. The highest BCUT2D eigenvalue weighted by molar-refractivity contribution is 5.59. The molecule has 0 bridgehead atoms. The SMILES string of the molecule is COc1ccccc1N1CC(C)CNCC1CCO. The molecule has 1 heterocycles. The molecule has 2 unspecified atom stereocenters. The summed E-state index contributed by atoms with van der Waals surface area (Å²) in [4.78, 5) is 2.37. The molecule has 2 rings (SSSR count). The number of ether oxygens (including phenoxy) is 1. The Morgan fingerprint density at radius 3 is 2.89 bits per heavy atom. The van der Waals surface area contributed by atoms with Crippen molar-refractivity contribution in [1.82, 2.24) is 5.32 Å². The van der Waals surface area contributed by atoms with Crippen LogP contribution in [0.1, 0.15) is 13.3 Å². The van der Waals surface area contributed by atoms with Crippen molar-refractivity contribution in [2.45, 2.75) is 19.4 Å². The van der Waals surface area contributed by atoms with Crippen molar-refractivity contribution in [2.75, 3.05) is 38.3 Å². The Morgan fingerprint density at radius 1 is 1.37 bits per heavy atom. The van der Waals surface area contributed by atoms with E-state index in [-0.39, 0.29) is 6.61 Å². The van der Waals surface area contributed by atoms with Crippen molar-refractivity contribution < 1.29 is 9.84 Å². The maximum Gasteiger partial charge on any atom is 0.142 e. The number of hydrogen-bond donors (Lipinski definition) is 2. The van der Waals surface area contributed by atoms with Crippen molar-refractivity contribution >= 4 is 5.69 Å². The van der Waals surface area contributed by atoms with Crippen LogP contribution in [0.2, 0.25) is 0 Å². The maximum absolute atomic E-state index is 9.28. The van der Waals surface area contributed by atoms with Crippen molar-refractivity contribution in [2.24, 2.45) is 5.92 Å². The van der Waals surface area contributed by atoms with Gasteiger partial charge in [0.05, 0.1) is 12.8 Å². The van der Waals surface area contributed by atoms with Gasteiger partial charge in [0.2, 0.25) is 0 Å². The first-order chi connectivity index (χ1) is 9.26. The molecule has 4 nitrogen and oxygen atoms in total. The van der Waals surface area contributed by atoms with Crippen LogP contribution in [-0.2, 0) is 0 Å². The van der Waals surface area contributed by atoms with Gasteiger partial charge in [-0.3, -0.25) is 0 Å². The number of rotatable bonds is 4. The van der Waals surface area contributed by atoms with Gasteiger partial charge in [-0.25, -0.2) is 0 Å². The highest BCUT2D eigenvalue weighted by Crippen LogP contribution is 2.31. The van der Waals surface area contributed by atoms with Gasteiger partial charge in [0.15, 0.2) is 0 Å². The number of anilines is 1. The van der Waals surface area contributed by atoms with Crippen molar-refractivity contribution in [3.63, 3.8) is 0 Å². The average molecular weight is 264 g/mol. The fourth-order valence-corrected chi connectivity index (χ4v) is 2.72. The zero-order valence-electron chi connectivity index (χ0n) is 11.8. The Balaban J connectivity index is 2.29. The van der Waals surface area contributed by atoms with Crippen molar-refractivity contribution in [3.8, 4) is 5.75 Å². The first-order valence-electron chi connectivity index (χ1n) is 6.97. The van der Waals surface area contributed by atoms with Gasteiger partial charge in [-0.1, -0.05) is 19.1 Å². The molecular weight excluding hydrogens is 240 g/mol. The molecule has 2 N–H and O–H groups in total. The summed E-state index contributed by atoms with van der Waals surface area (Å²) in [6.07, 6.45) is 0.776. The molecule has 1 saturated heterocycles. The number of methoxy groups -OCH3 is 1. The molecule has 1 aromatic carbocycles. The molecule has 2 atom stereocenters. The average Bonchev–Trinajstić information content (AvgIpc) is 2.61. The molecule has 0 saturated carbocycles. The highest BCUT2D eigenvalue weighted by atomic mass is 16.5. The highest BCUT2D eigenvalue weighted by Gasteiger charge is 2.25. The third-order valence-corrected chi connectivity index (χ3v) is 3.68. The molecular formula is C15H24N2O2. The molecule has 19 heavy (non-hydrogen) atoms. The molecule has 106 valence electrons. The fraction of sp³-hybridized carbons (Fsp3) is 0.600. The van der Waals surface area contributed by atoms with E-state index >= 15 is 0 Å². The molecule has 0 aliphatic carbocycles. The monoisotopic (exact) mass is 264 g/mol. The summed E-state index contributed by atoms with van der Waals surface area (Å²) < 4.78 is 5.48. The molecule has 0 spiro atoms. The molecule has 4 heteroatoms. The zero-order valence-corrected chi connectivity index (χ0v) is 11.8. The van der Waals surface area contributed by atoms with E-state index in [1.165, 1.54) is 0 Å². The number of para-hydroxylation sites is 2. The van der Waals surface area contributed by atoms with Crippen molar-refractivity contribution in [1.29, 1.82) is 0 Å². The second-order valence-electron chi connectivity index (χ2n) is 5.25. The van der Waals surface area contributed by atoms with Gasteiger partial charge >= 0.3 is 0 Å². The number of benzene rings is 1. The fourth-order valence-electron chi connectivity index (χ4n) is 2.72. The Labute approximate surface area is 115 Å². The number of aliphatic hydroxyl groups excluding tert-OH is 1. The van der Waals surface area contributed by atoms with Gasteiger partial charge in [0.1, 0.15) is 5.75 Å². The summed E-state index contributed by atoms with van der Waals surface area (Å²) in [5.74, 6) is 1.48. The molecule has 0 aromatic heterocycles. The van der Waals surface area contributed by atoms with Crippen LogP contribution in [0.4, 0.5) is 5.69 Å². The van der Waals surface area contributed by atoms with Crippen molar-refractivity contribution in [3.05, 3.63) is 24.3 Å². The first kappa shape index (κ1) is 14.2. The van der Waals surface area contributed by atoms with Crippen LogP contribution in [0.15, 0.2) is 24.3 Å². The molecule has 1 aromatic rings. The predicted molar refractivity (Wildman–Crippen MR) is 77.9 cm³/mol. The predicted octanol–water partition coefficient (Wildman–Crippen LogP) is 1.49. The van der Waals surface area contributed by atoms with Gasteiger partial charge in [-0.15, -0.1) is 0 Å². The first-order valence-corrected chi connectivity index (χ1v) is 6.97.